The summed E-state index contributed by atoms with van der Waals surface area (Å²) in [5.74, 6) is 0.987. The zero-order valence-corrected chi connectivity index (χ0v) is 16.8. The maximum Gasteiger partial charge on any atom is 0.0707 e. The summed E-state index contributed by atoms with van der Waals surface area (Å²) >= 11 is 0. The highest BCUT2D eigenvalue weighted by Gasteiger charge is 2.15. The lowest BCUT2D eigenvalue weighted by atomic mass is 9.89. The SMILES string of the molecule is Cc1cc(C)c(-c2cc(C(C)C)c(C(C)C)cn2)cc1-c1ccccc1. The molecule has 0 amide bonds. The van der Waals surface area contributed by atoms with Crippen molar-refractivity contribution in [1.29, 1.82) is 0 Å². The van der Waals surface area contributed by atoms with Gasteiger partial charge in [0.25, 0.3) is 0 Å². The molecule has 0 aliphatic heterocycles. The van der Waals surface area contributed by atoms with Crippen molar-refractivity contribution in [2.75, 3.05) is 0 Å². The Hall–Kier alpha value is -2.41. The third-order valence-electron chi connectivity index (χ3n) is 5.14. The van der Waals surface area contributed by atoms with Crippen LogP contribution in [-0.4, -0.2) is 4.98 Å². The van der Waals surface area contributed by atoms with Crippen molar-refractivity contribution in [2.24, 2.45) is 0 Å². The van der Waals surface area contributed by atoms with Gasteiger partial charge in [0.05, 0.1) is 5.69 Å². The topological polar surface area (TPSA) is 12.9 Å². The van der Waals surface area contributed by atoms with Crippen LogP contribution in [0.5, 0.6) is 0 Å². The first-order valence-corrected chi connectivity index (χ1v) is 9.55. The Labute approximate surface area is 158 Å². The van der Waals surface area contributed by atoms with Crippen LogP contribution in [0.1, 0.15) is 61.8 Å². The molecule has 3 aromatic rings. The third-order valence-corrected chi connectivity index (χ3v) is 5.14. The zero-order chi connectivity index (χ0) is 18.8. The molecular weight excluding hydrogens is 314 g/mol. The summed E-state index contributed by atoms with van der Waals surface area (Å²) < 4.78 is 0. The molecule has 0 N–H and O–H groups in total. The van der Waals surface area contributed by atoms with E-state index in [-0.39, 0.29) is 0 Å². The Morgan fingerprint density at radius 3 is 1.92 bits per heavy atom. The van der Waals surface area contributed by atoms with Crippen LogP contribution < -0.4 is 0 Å². The molecule has 0 atom stereocenters. The van der Waals surface area contributed by atoms with Gasteiger partial charge in [0.1, 0.15) is 0 Å². The van der Waals surface area contributed by atoms with Gasteiger partial charge < -0.3 is 0 Å². The van der Waals surface area contributed by atoms with Gasteiger partial charge in [-0.05, 0) is 71.2 Å². The smallest absolute Gasteiger partial charge is 0.0707 e. The largest absolute Gasteiger partial charge is 0.256 e. The quantitative estimate of drug-likeness (QED) is 0.485. The van der Waals surface area contributed by atoms with Gasteiger partial charge in [0.2, 0.25) is 0 Å². The molecule has 0 aliphatic rings. The number of hydrogen-bond acceptors (Lipinski definition) is 1. The first kappa shape index (κ1) is 18.4. The summed E-state index contributed by atoms with van der Waals surface area (Å²) in [6.07, 6.45) is 2.08. The van der Waals surface area contributed by atoms with Crippen LogP contribution in [0.15, 0.2) is 54.7 Å². The predicted octanol–water partition coefficient (Wildman–Crippen LogP) is 7.28. The van der Waals surface area contributed by atoms with Gasteiger partial charge in [0, 0.05) is 11.8 Å². The number of benzene rings is 2. The molecule has 0 unspecified atom stereocenters. The number of aromatic nitrogens is 1. The highest BCUT2D eigenvalue weighted by atomic mass is 14.7. The van der Waals surface area contributed by atoms with Gasteiger partial charge >= 0.3 is 0 Å². The number of nitrogens with zero attached hydrogens (tertiary/aromatic N) is 1. The molecule has 1 heterocycles. The third kappa shape index (κ3) is 3.58. The standard InChI is InChI=1S/C25H29N/c1-16(2)21-14-25(26-15-24(21)17(3)4)23-13-22(18(5)12-19(23)6)20-10-8-7-9-11-20/h7-17H,1-6H3. The summed E-state index contributed by atoms with van der Waals surface area (Å²) in [4.78, 5) is 4.84. The van der Waals surface area contributed by atoms with Crippen LogP contribution >= 0.6 is 0 Å². The molecule has 1 heteroatoms. The van der Waals surface area contributed by atoms with Crippen molar-refractivity contribution >= 4 is 0 Å². The molecule has 2 aromatic carbocycles. The number of hydrogen-bond donors (Lipinski definition) is 0. The molecule has 1 nitrogen and oxygen atoms in total. The average molecular weight is 344 g/mol. The highest BCUT2D eigenvalue weighted by molar-refractivity contribution is 5.76. The Kier molecular flexibility index (Phi) is 5.27. The molecule has 0 bridgehead atoms. The predicted molar refractivity (Wildman–Crippen MR) is 113 cm³/mol. The van der Waals surface area contributed by atoms with Crippen LogP contribution in [0.25, 0.3) is 22.4 Å². The van der Waals surface area contributed by atoms with E-state index >= 15 is 0 Å². The van der Waals surface area contributed by atoms with E-state index in [1.807, 2.05) is 0 Å². The number of pyridine rings is 1. The van der Waals surface area contributed by atoms with E-state index in [1.54, 1.807) is 0 Å². The molecule has 3 rings (SSSR count). The number of rotatable bonds is 4. The maximum atomic E-state index is 4.84. The van der Waals surface area contributed by atoms with Crippen LogP contribution in [0, 0.1) is 13.8 Å². The Bertz CT molecular complexity index is 905. The average Bonchev–Trinajstić information content (AvgIpc) is 2.62. The van der Waals surface area contributed by atoms with Crippen molar-refractivity contribution in [3.63, 3.8) is 0 Å². The lowest BCUT2D eigenvalue weighted by molar-refractivity contribution is 0.783. The summed E-state index contributed by atoms with van der Waals surface area (Å²) in [6.45, 7) is 13.4. The lowest BCUT2D eigenvalue weighted by Gasteiger charge is -2.18. The summed E-state index contributed by atoms with van der Waals surface area (Å²) in [5, 5.41) is 0. The van der Waals surface area contributed by atoms with E-state index in [2.05, 4.69) is 96.3 Å². The molecule has 0 saturated heterocycles. The second kappa shape index (κ2) is 7.45. The first-order chi connectivity index (χ1) is 12.4. The van der Waals surface area contributed by atoms with Gasteiger partial charge in [0.15, 0.2) is 0 Å². The van der Waals surface area contributed by atoms with Gasteiger partial charge in [-0.15, -0.1) is 0 Å². The van der Waals surface area contributed by atoms with Crippen molar-refractivity contribution in [1.82, 2.24) is 4.98 Å². The van der Waals surface area contributed by atoms with Gasteiger partial charge in [-0.3, -0.25) is 4.98 Å². The van der Waals surface area contributed by atoms with Gasteiger partial charge in [-0.2, -0.15) is 0 Å². The van der Waals surface area contributed by atoms with Crippen molar-refractivity contribution in [3.8, 4) is 22.4 Å². The van der Waals surface area contributed by atoms with Gasteiger partial charge in [-0.25, -0.2) is 0 Å². The van der Waals surface area contributed by atoms with Gasteiger partial charge in [-0.1, -0.05) is 64.1 Å². The minimum atomic E-state index is 0.493. The molecule has 0 radical (unpaired) electrons. The van der Waals surface area contributed by atoms with Crippen molar-refractivity contribution < 1.29 is 0 Å². The Morgan fingerprint density at radius 2 is 1.31 bits per heavy atom. The second-order valence-electron chi connectivity index (χ2n) is 7.86. The van der Waals surface area contributed by atoms with E-state index < -0.39 is 0 Å². The lowest BCUT2D eigenvalue weighted by Crippen LogP contribution is -2.02. The monoisotopic (exact) mass is 343 g/mol. The molecule has 134 valence electrons. The van der Waals surface area contributed by atoms with Crippen molar-refractivity contribution in [2.45, 2.75) is 53.4 Å². The molecule has 1 aromatic heterocycles. The number of aryl methyl sites for hydroxylation is 2. The van der Waals surface area contributed by atoms with E-state index in [0.29, 0.717) is 11.8 Å². The fourth-order valence-corrected chi connectivity index (χ4v) is 3.67. The fraction of sp³-hybridized carbons (Fsp3) is 0.320. The highest BCUT2D eigenvalue weighted by Crippen LogP contribution is 2.34. The maximum absolute atomic E-state index is 4.84. The summed E-state index contributed by atoms with van der Waals surface area (Å²) in [7, 11) is 0. The fourth-order valence-electron chi connectivity index (χ4n) is 3.67. The second-order valence-corrected chi connectivity index (χ2v) is 7.86. The minimum absolute atomic E-state index is 0.493. The normalized spacial score (nSPS) is 11.4. The van der Waals surface area contributed by atoms with Crippen LogP contribution in [0.3, 0.4) is 0 Å². The molecular formula is C25H29N. The van der Waals surface area contributed by atoms with Crippen molar-refractivity contribution in [3.05, 3.63) is 77.0 Å². The molecule has 0 aliphatic carbocycles. The molecule has 0 fully saturated rings. The molecule has 0 saturated carbocycles. The first-order valence-electron chi connectivity index (χ1n) is 9.55. The van der Waals surface area contributed by atoms with E-state index in [4.69, 9.17) is 4.98 Å². The zero-order valence-electron chi connectivity index (χ0n) is 16.8. The van der Waals surface area contributed by atoms with Crippen LogP contribution in [0.2, 0.25) is 0 Å². The Balaban J connectivity index is 2.17. The van der Waals surface area contributed by atoms with E-state index in [9.17, 15) is 0 Å². The van der Waals surface area contributed by atoms with Crippen LogP contribution in [0.4, 0.5) is 0 Å². The summed E-state index contributed by atoms with van der Waals surface area (Å²) in [5.41, 5.74) is 10.2. The summed E-state index contributed by atoms with van der Waals surface area (Å²) in [6, 6.07) is 17.5. The van der Waals surface area contributed by atoms with E-state index in [0.717, 1.165) is 5.69 Å². The minimum Gasteiger partial charge on any atom is -0.256 e. The molecule has 26 heavy (non-hydrogen) atoms. The molecule has 0 spiro atoms. The van der Waals surface area contributed by atoms with E-state index in [1.165, 1.54) is 38.9 Å². The van der Waals surface area contributed by atoms with Crippen LogP contribution in [-0.2, 0) is 0 Å². The Morgan fingerprint density at radius 1 is 0.692 bits per heavy atom.